The van der Waals surface area contributed by atoms with Gasteiger partial charge in [-0.15, -0.1) is 0 Å². The fourth-order valence-corrected chi connectivity index (χ4v) is 2.96. The number of carbonyl (C=O) groups is 1. The summed E-state index contributed by atoms with van der Waals surface area (Å²) in [5.41, 5.74) is 1.12. The highest BCUT2D eigenvalue weighted by atomic mass is 19.1. The highest BCUT2D eigenvalue weighted by Gasteiger charge is 2.13. The summed E-state index contributed by atoms with van der Waals surface area (Å²) in [7, 11) is 0. The van der Waals surface area contributed by atoms with Gasteiger partial charge in [-0.1, -0.05) is 30.3 Å². The molecular weight excluding hydrogens is 373 g/mol. The lowest BCUT2D eigenvalue weighted by Crippen LogP contribution is -2.25. The molecule has 4 aromatic rings. The zero-order valence-electron chi connectivity index (χ0n) is 15.2. The molecule has 2 aromatic carbocycles. The van der Waals surface area contributed by atoms with Crippen molar-refractivity contribution in [1.29, 1.82) is 0 Å². The zero-order valence-corrected chi connectivity index (χ0v) is 15.2. The van der Waals surface area contributed by atoms with Gasteiger partial charge in [0.2, 0.25) is 11.4 Å². The van der Waals surface area contributed by atoms with Crippen molar-refractivity contribution in [3.8, 4) is 11.6 Å². The van der Waals surface area contributed by atoms with E-state index in [0.717, 1.165) is 0 Å². The van der Waals surface area contributed by atoms with Gasteiger partial charge in [-0.2, -0.15) is 0 Å². The summed E-state index contributed by atoms with van der Waals surface area (Å²) >= 11 is 0. The summed E-state index contributed by atoms with van der Waals surface area (Å²) < 4.78 is 19.0. The number of halogens is 1. The van der Waals surface area contributed by atoms with Crippen LogP contribution in [-0.2, 0) is 6.54 Å². The molecule has 0 bridgehead atoms. The van der Waals surface area contributed by atoms with E-state index in [1.807, 2.05) is 0 Å². The summed E-state index contributed by atoms with van der Waals surface area (Å²) in [5.74, 6) is -0.256. The first kappa shape index (κ1) is 18.4. The lowest BCUT2D eigenvalue weighted by atomic mass is 10.1. The van der Waals surface area contributed by atoms with Crippen molar-refractivity contribution >= 4 is 16.8 Å². The summed E-state index contributed by atoms with van der Waals surface area (Å²) in [4.78, 5) is 31.5. The van der Waals surface area contributed by atoms with Crippen molar-refractivity contribution in [1.82, 2.24) is 15.3 Å². The number of H-pyrrole nitrogens is 1. The van der Waals surface area contributed by atoms with E-state index in [-0.39, 0.29) is 23.5 Å². The van der Waals surface area contributed by atoms with Crippen LogP contribution in [-0.4, -0.2) is 15.9 Å². The second-order valence-corrected chi connectivity index (χ2v) is 6.30. The number of amides is 1. The van der Waals surface area contributed by atoms with E-state index < -0.39 is 11.7 Å². The van der Waals surface area contributed by atoms with Crippen LogP contribution in [0.5, 0.6) is 11.6 Å². The van der Waals surface area contributed by atoms with Gasteiger partial charge in [0.25, 0.3) is 5.91 Å². The quantitative estimate of drug-likeness (QED) is 0.544. The fraction of sp³-hybridized carbons (Fsp3) is 0.0455. The van der Waals surface area contributed by atoms with Crippen molar-refractivity contribution in [2.24, 2.45) is 0 Å². The average molecular weight is 389 g/mol. The van der Waals surface area contributed by atoms with Crippen LogP contribution >= 0.6 is 0 Å². The van der Waals surface area contributed by atoms with Gasteiger partial charge in [-0.05, 0) is 24.3 Å². The Bertz CT molecular complexity index is 1250. The van der Waals surface area contributed by atoms with Crippen LogP contribution in [0.15, 0.2) is 77.7 Å². The van der Waals surface area contributed by atoms with E-state index >= 15 is 0 Å². The molecule has 7 heteroatoms. The van der Waals surface area contributed by atoms with Crippen molar-refractivity contribution in [2.45, 2.75) is 6.54 Å². The molecule has 6 nitrogen and oxygen atoms in total. The Balaban J connectivity index is 1.56. The molecular formula is C22H16FN3O3. The van der Waals surface area contributed by atoms with E-state index in [2.05, 4.69) is 15.3 Å². The van der Waals surface area contributed by atoms with Crippen LogP contribution in [0.1, 0.15) is 15.9 Å². The number of carbonyl (C=O) groups excluding carboxylic acids is 1. The number of aromatic amines is 1. The van der Waals surface area contributed by atoms with E-state index in [1.54, 1.807) is 48.7 Å². The Morgan fingerprint density at radius 1 is 1.07 bits per heavy atom. The number of benzene rings is 2. The number of aromatic nitrogens is 2. The molecule has 144 valence electrons. The lowest BCUT2D eigenvalue weighted by molar-refractivity contribution is 0.0952. The van der Waals surface area contributed by atoms with Gasteiger partial charge in [-0.25, -0.2) is 9.37 Å². The van der Waals surface area contributed by atoms with Crippen molar-refractivity contribution < 1.29 is 13.9 Å². The first-order chi connectivity index (χ1) is 14.1. The van der Waals surface area contributed by atoms with Gasteiger partial charge in [0.1, 0.15) is 11.6 Å². The third kappa shape index (κ3) is 4.14. The van der Waals surface area contributed by atoms with Crippen molar-refractivity contribution in [3.05, 3.63) is 100 Å². The monoisotopic (exact) mass is 389 g/mol. The Labute approximate surface area is 165 Å². The number of fused-ring (bicyclic) bond motifs is 1. The summed E-state index contributed by atoms with van der Waals surface area (Å²) in [6, 6.07) is 17.5. The molecule has 0 saturated carbocycles. The number of rotatable bonds is 5. The number of para-hydroxylation sites is 1. The highest BCUT2D eigenvalue weighted by molar-refractivity contribution is 6.05. The number of ether oxygens (including phenoxy) is 1. The molecule has 0 fully saturated rings. The molecule has 2 aromatic heterocycles. The molecule has 1 amide bonds. The maximum Gasteiger partial charge on any atom is 0.252 e. The third-order valence-corrected chi connectivity index (χ3v) is 4.30. The molecule has 0 unspecified atom stereocenters. The Hall–Kier alpha value is -4.00. The van der Waals surface area contributed by atoms with Gasteiger partial charge in [0.15, 0.2) is 0 Å². The minimum Gasteiger partial charge on any atom is -0.439 e. The smallest absolute Gasteiger partial charge is 0.252 e. The third-order valence-electron chi connectivity index (χ3n) is 4.30. The molecule has 29 heavy (non-hydrogen) atoms. The maximum absolute atomic E-state index is 13.4. The minimum atomic E-state index is -0.422. The van der Waals surface area contributed by atoms with Crippen LogP contribution in [0, 0.1) is 5.82 Å². The standard InChI is InChI=1S/C22H16FN3O3/c23-15-6-3-7-16(11-15)29-22-14(5-4-10-24-22)13-25-21(28)18-12-20(27)26-19-9-2-1-8-17(18)19/h1-12H,13H2,(H,25,28)(H,26,27). The summed E-state index contributed by atoms with van der Waals surface area (Å²) in [6.45, 7) is 0.123. The largest absolute Gasteiger partial charge is 0.439 e. The molecule has 0 aliphatic carbocycles. The number of hydrogen-bond donors (Lipinski definition) is 2. The maximum atomic E-state index is 13.4. The molecule has 2 N–H and O–H groups in total. The predicted octanol–water partition coefficient (Wildman–Crippen LogP) is 3.78. The minimum absolute atomic E-state index is 0.123. The fourth-order valence-electron chi connectivity index (χ4n) is 2.96. The van der Waals surface area contributed by atoms with Crippen LogP contribution in [0.3, 0.4) is 0 Å². The normalized spacial score (nSPS) is 10.7. The van der Waals surface area contributed by atoms with Gasteiger partial charge in [0, 0.05) is 41.3 Å². The van der Waals surface area contributed by atoms with Crippen molar-refractivity contribution in [2.75, 3.05) is 0 Å². The van der Waals surface area contributed by atoms with E-state index in [4.69, 9.17) is 4.74 Å². The molecule has 0 spiro atoms. The number of hydrogen-bond acceptors (Lipinski definition) is 4. The predicted molar refractivity (Wildman–Crippen MR) is 106 cm³/mol. The van der Waals surface area contributed by atoms with E-state index in [0.29, 0.717) is 22.2 Å². The topological polar surface area (TPSA) is 84.1 Å². The summed E-state index contributed by atoms with van der Waals surface area (Å²) in [5, 5.41) is 3.43. The highest BCUT2D eigenvalue weighted by Crippen LogP contribution is 2.23. The SMILES string of the molecule is O=C(NCc1cccnc1Oc1cccc(F)c1)c1cc(=O)[nH]c2ccccc12. The van der Waals surface area contributed by atoms with E-state index in [9.17, 15) is 14.0 Å². The molecule has 0 saturated heterocycles. The first-order valence-electron chi connectivity index (χ1n) is 8.88. The van der Waals surface area contributed by atoms with Crippen LogP contribution in [0.2, 0.25) is 0 Å². The molecule has 0 atom stereocenters. The first-order valence-corrected chi connectivity index (χ1v) is 8.88. The van der Waals surface area contributed by atoms with Gasteiger partial charge < -0.3 is 15.0 Å². The lowest BCUT2D eigenvalue weighted by Gasteiger charge is -2.11. The molecule has 4 rings (SSSR count). The Kier molecular flexibility index (Phi) is 5.03. The number of pyridine rings is 2. The molecule has 2 heterocycles. The molecule has 0 aliphatic heterocycles. The van der Waals surface area contributed by atoms with Crippen LogP contribution < -0.4 is 15.6 Å². The Morgan fingerprint density at radius 3 is 2.79 bits per heavy atom. The average Bonchev–Trinajstić information content (AvgIpc) is 2.72. The number of nitrogens with one attached hydrogen (secondary N) is 2. The second-order valence-electron chi connectivity index (χ2n) is 6.30. The van der Waals surface area contributed by atoms with Crippen LogP contribution in [0.25, 0.3) is 10.9 Å². The second kappa shape index (κ2) is 7.93. The molecule has 0 aliphatic rings. The Morgan fingerprint density at radius 2 is 1.93 bits per heavy atom. The molecule has 0 radical (unpaired) electrons. The van der Waals surface area contributed by atoms with E-state index in [1.165, 1.54) is 24.3 Å². The zero-order chi connectivity index (χ0) is 20.2. The van der Waals surface area contributed by atoms with Crippen molar-refractivity contribution in [3.63, 3.8) is 0 Å². The summed E-state index contributed by atoms with van der Waals surface area (Å²) in [6.07, 6.45) is 1.55. The van der Waals surface area contributed by atoms with Gasteiger partial charge in [-0.3, -0.25) is 9.59 Å². The number of nitrogens with zero attached hydrogens (tertiary/aromatic N) is 1. The van der Waals surface area contributed by atoms with Gasteiger partial charge in [0.05, 0.1) is 5.56 Å². The van der Waals surface area contributed by atoms with Gasteiger partial charge >= 0.3 is 0 Å². The van der Waals surface area contributed by atoms with Crippen LogP contribution in [0.4, 0.5) is 4.39 Å².